The number of hydrogen-bond donors (Lipinski definition) is 1. The fourth-order valence-corrected chi connectivity index (χ4v) is 4.52. The van der Waals surface area contributed by atoms with E-state index in [9.17, 15) is 18.4 Å². The number of aryl methyl sites for hydroxylation is 2. The summed E-state index contributed by atoms with van der Waals surface area (Å²) in [4.78, 5) is 43.1. The lowest BCUT2D eigenvalue weighted by atomic mass is 9.62. The lowest BCUT2D eigenvalue weighted by molar-refractivity contribution is -0.125. The Kier molecular flexibility index (Phi) is 8.04. The number of amides is 1. The number of pyridine rings is 3. The van der Waals surface area contributed by atoms with Gasteiger partial charge in [-0.2, -0.15) is 0 Å². The number of carbonyl (C=O) groups excluding carboxylic acids is 1. The van der Waals surface area contributed by atoms with E-state index in [-0.39, 0.29) is 22.4 Å². The summed E-state index contributed by atoms with van der Waals surface area (Å²) in [6, 6.07) is 5.62. The molecule has 9 nitrogen and oxygen atoms in total. The lowest BCUT2D eigenvalue weighted by Gasteiger charge is -2.28. The van der Waals surface area contributed by atoms with Crippen molar-refractivity contribution in [3.63, 3.8) is 0 Å². The normalized spacial score (nSPS) is 11.8. The third kappa shape index (κ3) is 5.72. The maximum atomic E-state index is 14.4. The van der Waals surface area contributed by atoms with Gasteiger partial charge >= 0.3 is 0 Å². The Morgan fingerprint density at radius 1 is 1.07 bits per heavy atom. The Morgan fingerprint density at radius 2 is 1.78 bits per heavy atom. The number of aromatic nitrogens is 5. The number of hydrogen-bond acceptors (Lipinski definition) is 7. The molecule has 0 aliphatic heterocycles. The molecule has 0 spiro atoms. The molecule has 210 valence electrons. The molecular formula is C27H27B2ClF2N6O3. The van der Waals surface area contributed by atoms with Crippen LogP contribution in [0.2, 0.25) is 5.02 Å². The second-order valence-corrected chi connectivity index (χ2v) is 10.9. The van der Waals surface area contributed by atoms with Crippen LogP contribution in [0.15, 0.2) is 47.7 Å². The molecule has 4 aromatic heterocycles. The highest BCUT2D eigenvalue weighted by molar-refractivity contribution is 6.39. The van der Waals surface area contributed by atoms with E-state index >= 15 is 0 Å². The summed E-state index contributed by atoms with van der Waals surface area (Å²) in [7, 11) is 4.62. The van der Waals surface area contributed by atoms with Gasteiger partial charge in [0.25, 0.3) is 5.56 Å². The number of rotatable bonds is 7. The largest absolute Gasteiger partial charge is 0.498 e. The van der Waals surface area contributed by atoms with Crippen molar-refractivity contribution in [1.29, 1.82) is 0 Å². The number of nitrogens with one attached hydrogen (secondary N) is 1. The molecule has 0 radical (unpaired) electrons. The molecule has 0 fully saturated rings. The van der Waals surface area contributed by atoms with E-state index in [0.29, 0.717) is 40.2 Å². The molecule has 41 heavy (non-hydrogen) atoms. The first-order valence-corrected chi connectivity index (χ1v) is 13.0. The zero-order valence-electron chi connectivity index (χ0n) is 23.6. The third-order valence-electron chi connectivity index (χ3n) is 6.63. The van der Waals surface area contributed by atoms with Gasteiger partial charge in [-0.1, -0.05) is 11.6 Å². The van der Waals surface area contributed by atoms with E-state index in [1.807, 2.05) is 0 Å². The van der Waals surface area contributed by atoms with Gasteiger partial charge in [0.15, 0.2) is 15.7 Å². The molecule has 14 heteroatoms. The van der Waals surface area contributed by atoms with Crippen LogP contribution in [0.5, 0.6) is 5.75 Å². The van der Waals surface area contributed by atoms with Crippen LogP contribution in [0.1, 0.15) is 36.6 Å². The van der Waals surface area contributed by atoms with Crippen molar-refractivity contribution < 1.29 is 18.3 Å². The van der Waals surface area contributed by atoms with Gasteiger partial charge < -0.3 is 10.1 Å². The fourth-order valence-electron chi connectivity index (χ4n) is 4.35. The molecule has 1 amide bonds. The maximum absolute atomic E-state index is 14.4. The minimum Gasteiger partial charge on any atom is -0.498 e. The van der Waals surface area contributed by atoms with Gasteiger partial charge in [-0.15, -0.1) is 0 Å². The molecular weight excluding hydrogens is 551 g/mol. The van der Waals surface area contributed by atoms with Crippen molar-refractivity contribution in [2.24, 2.45) is 0 Å². The molecule has 0 unspecified atom stereocenters. The summed E-state index contributed by atoms with van der Waals surface area (Å²) >= 11 is 6.50. The van der Waals surface area contributed by atoms with Crippen LogP contribution in [0.3, 0.4) is 0 Å². The van der Waals surface area contributed by atoms with E-state index in [0.717, 1.165) is 6.20 Å². The number of ether oxygens (including phenoxy) is 1. The quantitative estimate of drug-likeness (QED) is 0.335. The highest BCUT2D eigenvalue weighted by Crippen LogP contribution is 2.31. The zero-order valence-corrected chi connectivity index (χ0v) is 24.4. The molecule has 1 N–H and O–H groups in total. The number of nitrogens with zero attached hydrogens (tertiary/aromatic N) is 5. The summed E-state index contributed by atoms with van der Waals surface area (Å²) in [6.07, 6.45) is 4.04. The van der Waals surface area contributed by atoms with Crippen molar-refractivity contribution >= 4 is 33.2 Å². The summed E-state index contributed by atoms with van der Waals surface area (Å²) in [5.41, 5.74) is 0.856. The minimum atomic E-state index is -1.38. The maximum Gasteiger partial charge on any atom is 0.277 e. The second-order valence-electron chi connectivity index (χ2n) is 10.5. The molecule has 0 bridgehead atoms. The van der Waals surface area contributed by atoms with Crippen molar-refractivity contribution in [2.45, 2.75) is 38.5 Å². The second kappa shape index (κ2) is 11.0. The molecule has 4 heterocycles. The van der Waals surface area contributed by atoms with Gasteiger partial charge in [-0.3, -0.25) is 24.1 Å². The minimum absolute atomic E-state index is 0.0183. The highest BCUT2D eigenvalue weighted by atomic mass is 35.5. The Labute approximate surface area is 242 Å². The third-order valence-corrected chi connectivity index (χ3v) is 6.98. The van der Waals surface area contributed by atoms with Crippen LogP contribution < -0.4 is 15.6 Å². The monoisotopic (exact) mass is 578 g/mol. The topological polar surface area (TPSA) is 112 Å². The summed E-state index contributed by atoms with van der Waals surface area (Å²) in [5.74, 6) is -1.62. The zero-order chi connectivity index (χ0) is 30.3. The van der Waals surface area contributed by atoms with Crippen LogP contribution >= 0.6 is 11.6 Å². The smallest absolute Gasteiger partial charge is 0.277 e. The predicted octanol–water partition coefficient (Wildman–Crippen LogP) is 2.11. The molecule has 0 saturated heterocycles. The molecule has 0 aliphatic rings. The van der Waals surface area contributed by atoms with Gasteiger partial charge in [-0.25, -0.2) is 18.7 Å². The van der Waals surface area contributed by atoms with Crippen LogP contribution in [-0.4, -0.2) is 53.2 Å². The molecule has 4 aromatic rings. The fraction of sp³-hybridized carbons (Fsp3) is 0.259. The van der Waals surface area contributed by atoms with E-state index in [1.165, 1.54) is 20.3 Å². The molecule has 0 aromatic carbocycles. The SMILES string of the molecule is BC(B)(Oc1cc(C)n(-c2cc(-c3ccnc(C(C)(C)C(=O)NC)n3)ncc2C)c(=O)c1Cl)c1ncc(F)cc1F. The first-order chi connectivity index (χ1) is 19.2. The van der Waals surface area contributed by atoms with E-state index in [1.54, 1.807) is 65.3 Å². The van der Waals surface area contributed by atoms with Gasteiger partial charge in [0, 0.05) is 37.3 Å². The first kappa shape index (κ1) is 29.9. The molecule has 4 rings (SSSR count). The van der Waals surface area contributed by atoms with Crippen molar-refractivity contribution in [3.8, 4) is 22.8 Å². The average Bonchev–Trinajstić information content (AvgIpc) is 2.91. The number of likely N-dealkylation sites (N-methyl/N-ethyl adjacent to an activating group) is 1. The van der Waals surface area contributed by atoms with Crippen molar-refractivity contribution in [1.82, 2.24) is 29.8 Å². The highest BCUT2D eigenvalue weighted by Gasteiger charge is 2.33. The van der Waals surface area contributed by atoms with E-state index < -0.39 is 28.0 Å². The Hall–Kier alpha value is -4.12. The lowest BCUT2D eigenvalue weighted by Crippen LogP contribution is -2.39. The Morgan fingerprint density at radius 3 is 2.44 bits per heavy atom. The number of carbonyl (C=O) groups is 1. The van der Waals surface area contributed by atoms with Crippen LogP contribution in [0, 0.1) is 25.5 Å². The number of halogens is 3. The van der Waals surface area contributed by atoms with Crippen molar-refractivity contribution in [2.75, 3.05) is 7.05 Å². The summed E-state index contributed by atoms with van der Waals surface area (Å²) < 4.78 is 35.2. The Bertz CT molecular complexity index is 1730. The molecule has 0 saturated carbocycles. The van der Waals surface area contributed by atoms with Crippen LogP contribution in [0.4, 0.5) is 8.78 Å². The Balaban J connectivity index is 1.77. The molecule has 0 atom stereocenters. The average molecular weight is 579 g/mol. The predicted molar refractivity (Wildman–Crippen MR) is 156 cm³/mol. The van der Waals surface area contributed by atoms with Crippen LogP contribution in [-0.2, 0) is 15.6 Å². The first-order valence-electron chi connectivity index (χ1n) is 12.6. The van der Waals surface area contributed by atoms with E-state index in [4.69, 9.17) is 16.3 Å². The van der Waals surface area contributed by atoms with Gasteiger partial charge in [-0.05, 0) is 45.4 Å². The van der Waals surface area contributed by atoms with Gasteiger partial charge in [0.1, 0.15) is 39.3 Å². The summed E-state index contributed by atoms with van der Waals surface area (Å²) in [5, 5.41) is 1.01. The standard InChI is InChI=1S/C27H27B2ClF2N6O3/c1-13-11-35-18(17-6-7-34-24(37-17)26(3,4)25(40)33-5)10-19(13)38-14(2)8-20(21(30)23(38)39)41-27(28,29)22-16(32)9-15(31)12-36-22/h6-12H,28-29H2,1-5H3,(H,33,40). The van der Waals surface area contributed by atoms with Crippen LogP contribution in [0.25, 0.3) is 17.1 Å². The summed E-state index contributed by atoms with van der Waals surface area (Å²) in [6.45, 7) is 6.93. The van der Waals surface area contributed by atoms with Gasteiger partial charge in [0.2, 0.25) is 5.91 Å². The molecule has 0 aliphatic carbocycles. The van der Waals surface area contributed by atoms with Gasteiger partial charge in [0.05, 0.1) is 28.7 Å². The van der Waals surface area contributed by atoms with Crippen molar-refractivity contribution in [3.05, 3.63) is 92.6 Å². The van der Waals surface area contributed by atoms with E-state index in [2.05, 4.69) is 25.3 Å².